The number of carbonyl (C=O) groups excluding carboxylic acids is 1. The molecule has 1 unspecified atom stereocenters. The lowest BCUT2D eigenvalue weighted by Gasteiger charge is -2.26. The predicted molar refractivity (Wildman–Crippen MR) is 129 cm³/mol. The molecule has 0 bridgehead atoms. The Bertz CT molecular complexity index is 1250. The van der Waals surface area contributed by atoms with Crippen LogP contribution in [0.2, 0.25) is 0 Å². The minimum Gasteiger partial charge on any atom is -0.484 e. The number of benzene rings is 3. The number of nitrogens with one attached hydrogen (secondary N) is 2. The van der Waals surface area contributed by atoms with Gasteiger partial charge in [-0.25, -0.2) is 8.42 Å². The largest absolute Gasteiger partial charge is 0.484 e. The molecule has 6 nitrogen and oxygen atoms in total. The summed E-state index contributed by atoms with van der Waals surface area (Å²) in [6.45, 7) is 3.63. The number of rotatable bonds is 7. The first kappa shape index (κ1) is 22.9. The predicted octanol–water partition coefficient (Wildman–Crippen LogP) is 4.68. The molecule has 4 rings (SSSR count). The fourth-order valence-electron chi connectivity index (χ4n) is 4.05. The van der Waals surface area contributed by atoms with Crippen LogP contribution in [-0.4, -0.2) is 20.9 Å². The van der Waals surface area contributed by atoms with Gasteiger partial charge in [0.15, 0.2) is 6.61 Å². The second-order valence-corrected chi connectivity index (χ2v) is 10.1. The number of hydrogen-bond acceptors (Lipinski definition) is 4. The summed E-state index contributed by atoms with van der Waals surface area (Å²) in [5.41, 5.74) is 4.81. The van der Waals surface area contributed by atoms with E-state index in [1.807, 2.05) is 38.1 Å². The first-order valence-electron chi connectivity index (χ1n) is 11.0. The zero-order valence-electron chi connectivity index (χ0n) is 18.8. The summed E-state index contributed by atoms with van der Waals surface area (Å²) in [4.78, 5) is 12.6. The second kappa shape index (κ2) is 9.67. The van der Waals surface area contributed by atoms with E-state index in [4.69, 9.17) is 4.74 Å². The third-order valence-electron chi connectivity index (χ3n) is 5.85. The molecule has 7 heteroatoms. The van der Waals surface area contributed by atoms with Crippen molar-refractivity contribution in [1.29, 1.82) is 0 Å². The van der Waals surface area contributed by atoms with Crippen LogP contribution in [0.3, 0.4) is 0 Å². The van der Waals surface area contributed by atoms with Crippen LogP contribution < -0.4 is 14.8 Å². The van der Waals surface area contributed by atoms with Crippen molar-refractivity contribution >= 4 is 21.6 Å². The Morgan fingerprint density at radius 1 is 1.03 bits per heavy atom. The number of fused-ring (bicyclic) bond motifs is 1. The third kappa shape index (κ3) is 5.54. The molecule has 2 N–H and O–H groups in total. The molecule has 0 heterocycles. The van der Waals surface area contributed by atoms with Crippen LogP contribution in [-0.2, 0) is 21.2 Å². The minimum absolute atomic E-state index is 0.00489. The van der Waals surface area contributed by atoms with E-state index in [2.05, 4.69) is 22.2 Å². The van der Waals surface area contributed by atoms with Gasteiger partial charge in [0.05, 0.1) is 16.6 Å². The highest BCUT2D eigenvalue weighted by atomic mass is 32.2. The fourth-order valence-corrected chi connectivity index (χ4v) is 5.17. The molecule has 172 valence electrons. The Morgan fingerprint density at radius 3 is 2.58 bits per heavy atom. The van der Waals surface area contributed by atoms with Gasteiger partial charge in [0.2, 0.25) is 0 Å². The van der Waals surface area contributed by atoms with Crippen LogP contribution >= 0.6 is 0 Å². The summed E-state index contributed by atoms with van der Waals surface area (Å²) < 4.78 is 33.7. The highest BCUT2D eigenvalue weighted by Gasteiger charge is 2.21. The van der Waals surface area contributed by atoms with Crippen LogP contribution in [0, 0.1) is 13.8 Å². The topological polar surface area (TPSA) is 84.5 Å². The minimum atomic E-state index is -3.73. The molecule has 3 aromatic rings. The molecular weight excluding hydrogens is 436 g/mol. The van der Waals surface area contributed by atoms with E-state index < -0.39 is 10.0 Å². The van der Waals surface area contributed by atoms with Crippen molar-refractivity contribution in [2.24, 2.45) is 0 Å². The fraction of sp³-hybridized carbons (Fsp3) is 0.269. The van der Waals surface area contributed by atoms with E-state index in [9.17, 15) is 13.2 Å². The maximum atomic E-state index is 12.7. The highest BCUT2D eigenvalue weighted by molar-refractivity contribution is 7.92. The molecule has 0 saturated carbocycles. The van der Waals surface area contributed by atoms with Crippen LogP contribution in [0.1, 0.15) is 41.1 Å². The number of anilines is 1. The highest BCUT2D eigenvalue weighted by Crippen LogP contribution is 2.29. The zero-order valence-corrected chi connectivity index (χ0v) is 19.6. The summed E-state index contributed by atoms with van der Waals surface area (Å²) in [5, 5.41) is 3.05. The van der Waals surface area contributed by atoms with Gasteiger partial charge in [0, 0.05) is 0 Å². The number of aryl methyl sites for hydroxylation is 3. The Morgan fingerprint density at radius 2 is 1.79 bits per heavy atom. The number of carbonyl (C=O) groups is 1. The molecule has 0 spiro atoms. The summed E-state index contributed by atoms with van der Waals surface area (Å²) >= 11 is 0. The summed E-state index contributed by atoms with van der Waals surface area (Å²) in [6.07, 6.45) is 2.98. The molecule has 0 fully saturated rings. The second-order valence-electron chi connectivity index (χ2n) is 8.40. The van der Waals surface area contributed by atoms with Gasteiger partial charge in [-0.1, -0.05) is 36.4 Å². The molecule has 0 aliphatic heterocycles. The molecule has 1 atom stereocenters. The van der Waals surface area contributed by atoms with Gasteiger partial charge in [-0.2, -0.15) is 0 Å². The average molecular weight is 465 g/mol. The lowest BCUT2D eigenvalue weighted by molar-refractivity contribution is -0.124. The third-order valence-corrected chi connectivity index (χ3v) is 7.23. The molecule has 3 aromatic carbocycles. The van der Waals surface area contributed by atoms with Gasteiger partial charge in [-0.05, 0) is 85.7 Å². The van der Waals surface area contributed by atoms with E-state index in [1.54, 1.807) is 18.2 Å². The van der Waals surface area contributed by atoms with Crippen molar-refractivity contribution < 1.29 is 17.9 Å². The number of hydrogen-bond donors (Lipinski definition) is 2. The van der Waals surface area contributed by atoms with E-state index >= 15 is 0 Å². The number of amides is 1. The van der Waals surface area contributed by atoms with Crippen LogP contribution in [0.5, 0.6) is 5.75 Å². The summed E-state index contributed by atoms with van der Waals surface area (Å²) in [7, 11) is -3.73. The number of ether oxygens (including phenoxy) is 1. The Balaban J connectivity index is 1.35. The van der Waals surface area contributed by atoms with Gasteiger partial charge in [0.25, 0.3) is 15.9 Å². The van der Waals surface area contributed by atoms with Gasteiger partial charge in [-0.3, -0.25) is 9.52 Å². The van der Waals surface area contributed by atoms with E-state index in [0.29, 0.717) is 11.4 Å². The van der Waals surface area contributed by atoms with Crippen molar-refractivity contribution in [1.82, 2.24) is 5.32 Å². The maximum absolute atomic E-state index is 12.7. The quantitative estimate of drug-likeness (QED) is 0.532. The first-order valence-corrected chi connectivity index (χ1v) is 12.5. The van der Waals surface area contributed by atoms with Crippen LogP contribution in [0.4, 0.5) is 5.69 Å². The normalized spacial score (nSPS) is 15.4. The molecular formula is C26H28N2O4S. The van der Waals surface area contributed by atoms with E-state index in [-0.39, 0.29) is 23.5 Å². The molecule has 1 amide bonds. The summed E-state index contributed by atoms with van der Waals surface area (Å²) in [6, 6.07) is 19.8. The standard InChI is InChI=1S/C26H28N2O4S/c1-18-10-11-19(2)25(16-18)28-33(30,31)22-14-12-21(13-15-22)32-17-26(29)27-24-9-5-7-20-6-3-4-8-23(20)24/h3-4,6,8,10-16,24,28H,5,7,9,17H2,1-2H3,(H,27,29). The Kier molecular flexibility index (Phi) is 6.70. The first-order chi connectivity index (χ1) is 15.8. The van der Waals surface area contributed by atoms with Crippen molar-refractivity contribution in [2.75, 3.05) is 11.3 Å². The van der Waals surface area contributed by atoms with Gasteiger partial charge < -0.3 is 10.1 Å². The molecule has 0 radical (unpaired) electrons. The molecule has 0 saturated heterocycles. The molecule has 33 heavy (non-hydrogen) atoms. The van der Waals surface area contributed by atoms with Crippen molar-refractivity contribution in [3.05, 3.63) is 89.0 Å². The van der Waals surface area contributed by atoms with Gasteiger partial charge in [-0.15, -0.1) is 0 Å². The lowest BCUT2D eigenvalue weighted by Crippen LogP contribution is -2.34. The molecule has 0 aromatic heterocycles. The van der Waals surface area contributed by atoms with Gasteiger partial charge in [0.1, 0.15) is 5.75 Å². The van der Waals surface area contributed by atoms with Crippen molar-refractivity contribution in [3.63, 3.8) is 0 Å². The van der Waals surface area contributed by atoms with Crippen molar-refractivity contribution in [2.45, 2.75) is 44.0 Å². The lowest BCUT2D eigenvalue weighted by atomic mass is 9.88. The summed E-state index contributed by atoms with van der Waals surface area (Å²) in [5.74, 6) is 0.227. The molecule has 1 aliphatic carbocycles. The van der Waals surface area contributed by atoms with E-state index in [1.165, 1.54) is 23.3 Å². The zero-order chi connectivity index (χ0) is 23.4. The Hall–Kier alpha value is -3.32. The Labute approximate surface area is 195 Å². The van der Waals surface area contributed by atoms with Crippen LogP contribution in [0.25, 0.3) is 0 Å². The van der Waals surface area contributed by atoms with Crippen LogP contribution in [0.15, 0.2) is 71.6 Å². The van der Waals surface area contributed by atoms with Gasteiger partial charge >= 0.3 is 0 Å². The maximum Gasteiger partial charge on any atom is 0.261 e. The molecule has 1 aliphatic rings. The average Bonchev–Trinajstić information content (AvgIpc) is 2.80. The monoisotopic (exact) mass is 464 g/mol. The SMILES string of the molecule is Cc1ccc(C)c(NS(=O)(=O)c2ccc(OCC(=O)NC3CCCc4ccccc43)cc2)c1. The number of sulfonamides is 1. The van der Waals surface area contributed by atoms with E-state index in [0.717, 1.165) is 30.4 Å². The van der Waals surface area contributed by atoms with Crippen molar-refractivity contribution in [3.8, 4) is 5.75 Å². The smallest absolute Gasteiger partial charge is 0.261 e.